The van der Waals surface area contributed by atoms with Crippen LogP contribution in [0.3, 0.4) is 0 Å². The lowest BCUT2D eigenvalue weighted by molar-refractivity contribution is -0.926. The number of rotatable bonds is 3. The fourth-order valence-electron chi connectivity index (χ4n) is 3.32. The molecule has 138 valence electrons. The SMILES string of the molecule is O=c1[nH]c(=S)n(-c2ccc(F)cc2)c2c1C[NH+](Cc1ccccc1Cl)CN2. The Labute approximate surface area is 165 Å². The van der Waals surface area contributed by atoms with Crippen molar-refractivity contribution in [1.82, 2.24) is 9.55 Å². The van der Waals surface area contributed by atoms with Crippen LogP contribution >= 0.6 is 23.8 Å². The standard InChI is InChI=1S/C19H16ClFN4OS/c20-16-4-2-1-3-12(16)9-24-10-15-17(22-11-24)25(19(27)23-18(15)26)14-7-5-13(21)6-8-14/h1-8,22H,9-11H2,(H,23,26,27)/p+1. The van der Waals surface area contributed by atoms with E-state index >= 15 is 0 Å². The number of fused-ring (bicyclic) bond motifs is 1. The van der Waals surface area contributed by atoms with Gasteiger partial charge in [-0.25, -0.2) is 4.39 Å². The fraction of sp³-hybridized carbons (Fsp3) is 0.158. The first-order chi connectivity index (χ1) is 13.0. The number of anilines is 1. The minimum atomic E-state index is -0.327. The Bertz CT molecular complexity index is 1110. The average Bonchev–Trinajstić information content (AvgIpc) is 2.65. The molecule has 27 heavy (non-hydrogen) atoms. The lowest BCUT2D eigenvalue weighted by Gasteiger charge is -2.28. The third kappa shape index (κ3) is 3.53. The maximum absolute atomic E-state index is 13.3. The van der Waals surface area contributed by atoms with Gasteiger partial charge in [0.05, 0.1) is 0 Å². The maximum atomic E-state index is 13.3. The summed E-state index contributed by atoms with van der Waals surface area (Å²) in [6.07, 6.45) is 0. The number of aromatic nitrogens is 2. The van der Waals surface area contributed by atoms with Gasteiger partial charge in [-0.05, 0) is 42.5 Å². The second-order valence-electron chi connectivity index (χ2n) is 6.45. The molecule has 0 radical (unpaired) electrons. The number of nitrogens with zero attached hydrogens (tertiary/aromatic N) is 1. The first kappa shape index (κ1) is 17.9. The van der Waals surface area contributed by atoms with Gasteiger partial charge >= 0.3 is 0 Å². The molecule has 0 amide bonds. The van der Waals surface area contributed by atoms with Crippen molar-refractivity contribution < 1.29 is 9.29 Å². The smallest absolute Gasteiger partial charge is 0.262 e. The monoisotopic (exact) mass is 403 g/mol. The molecule has 3 N–H and O–H groups in total. The third-order valence-electron chi connectivity index (χ3n) is 4.62. The van der Waals surface area contributed by atoms with E-state index in [0.29, 0.717) is 41.8 Å². The zero-order valence-corrected chi connectivity index (χ0v) is 15.8. The van der Waals surface area contributed by atoms with Crippen LogP contribution in [0.15, 0.2) is 53.3 Å². The number of hydrogen-bond acceptors (Lipinski definition) is 3. The summed E-state index contributed by atoms with van der Waals surface area (Å²) in [5.41, 5.74) is 2.12. The molecule has 0 saturated carbocycles. The van der Waals surface area contributed by atoms with E-state index in [1.54, 1.807) is 16.7 Å². The summed E-state index contributed by atoms with van der Waals surface area (Å²) < 4.78 is 15.3. The number of H-pyrrole nitrogens is 1. The van der Waals surface area contributed by atoms with E-state index in [9.17, 15) is 9.18 Å². The molecule has 1 atom stereocenters. The largest absolute Gasteiger partial charge is 0.324 e. The van der Waals surface area contributed by atoms with Gasteiger partial charge < -0.3 is 10.2 Å². The van der Waals surface area contributed by atoms with Crippen molar-refractivity contribution in [2.75, 3.05) is 12.0 Å². The molecular formula is C19H17ClFN4OS+. The zero-order valence-electron chi connectivity index (χ0n) is 14.3. The summed E-state index contributed by atoms with van der Waals surface area (Å²) in [5, 5.41) is 4.03. The van der Waals surface area contributed by atoms with E-state index in [1.165, 1.54) is 12.1 Å². The van der Waals surface area contributed by atoms with Crippen LogP contribution in [0.5, 0.6) is 0 Å². The topological polar surface area (TPSA) is 54.3 Å². The van der Waals surface area contributed by atoms with Gasteiger partial charge in [0, 0.05) is 16.3 Å². The van der Waals surface area contributed by atoms with Crippen LogP contribution in [0, 0.1) is 10.6 Å². The minimum absolute atomic E-state index is 0.211. The molecule has 4 rings (SSSR count). The molecule has 0 saturated heterocycles. The van der Waals surface area contributed by atoms with Gasteiger partial charge in [-0.1, -0.05) is 29.8 Å². The first-order valence-electron chi connectivity index (χ1n) is 8.48. The van der Waals surface area contributed by atoms with E-state index in [2.05, 4.69) is 10.3 Å². The number of nitrogens with one attached hydrogen (secondary N) is 3. The van der Waals surface area contributed by atoms with Gasteiger partial charge in [0.1, 0.15) is 30.3 Å². The van der Waals surface area contributed by atoms with E-state index in [4.69, 9.17) is 23.8 Å². The highest BCUT2D eigenvalue weighted by molar-refractivity contribution is 7.71. The van der Waals surface area contributed by atoms with Crippen molar-refractivity contribution in [2.45, 2.75) is 13.1 Å². The number of aromatic amines is 1. The minimum Gasteiger partial charge on any atom is -0.324 e. The number of quaternary nitrogens is 1. The fourth-order valence-corrected chi connectivity index (χ4v) is 3.81. The highest BCUT2D eigenvalue weighted by Gasteiger charge is 2.25. The van der Waals surface area contributed by atoms with Crippen molar-refractivity contribution in [3.05, 3.63) is 85.6 Å². The summed E-state index contributed by atoms with van der Waals surface area (Å²) in [4.78, 5) is 16.4. The molecule has 0 aliphatic carbocycles. The van der Waals surface area contributed by atoms with Crippen LogP contribution < -0.4 is 15.8 Å². The van der Waals surface area contributed by atoms with Gasteiger partial charge in [-0.15, -0.1) is 0 Å². The number of halogens is 2. The molecule has 1 aliphatic rings. The Hall–Kier alpha value is -2.48. The average molecular weight is 404 g/mol. The highest BCUT2D eigenvalue weighted by atomic mass is 35.5. The molecule has 0 bridgehead atoms. The van der Waals surface area contributed by atoms with Crippen molar-refractivity contribution in [2.24, 2.45) is 0 Å². The van der Waals surface area contributed by atoms with Crippen LogP contribution in [-0.4, -0.2) is 16.2 Å². The lowest BCUT2D eigenvalue weighted by atomic mass is 10.1. The summed E-state index contributed by atoms with van der Waals surface area (Å²) in [7, 11) is 0. The van der Waals surface area contributed by atoms with Crippen LogP contribution in [0.1, 0.15) is 11.1 Å². The van der Waals surface area contributed by atoms with Crippen LogP contribution in [0.25, 0.3) is 5.69 Å². The number of benzene rings is 2. The Kier molecular flexibility index (Phi) is 4.82. The molecule has 8 heteroatoms. The van der Waals surface area contributed by atoms with E-state index in [1.807, 2.05) is 24.3 Å². The van der Waals surface area contributed by atoms with Gasteiger partial charge in [-0.2, -0.15) is 0 Å². The van der Waals surface area contributed by atoms with Gasteiger partial charge in [-0.3, -0.25) is 14.3 Å². The molecule has 0 spiro atoms. The van der Waals surface area contributed by atoms with E-state index < -0.39 is 0 Å². The molecule has 5 nitrogen and oxygen atoms in total. The Morgan fingerprint density at radius 3 is 2.67 bits per heavy atom. The second-order valence-corrected chi connectivity index (χ2v) is 7.24. The normalized spacial score (nSPS) is 15.9. The third-order valence-corrected chi connectivity index (χ3v) is 5.28. The Morgan fingerprint density at radius 1 is 1.19 bits per heavy atom. The van der Waals surface area contributed by atoms with Crippen molar-refractivity contribution in [3.8, 4) is 5.69 Å². The second kappa shape index (κ2) is 7.26. The molecule has 1 unspecified atom stereocenters. The van der Waals surface area contributed by atoms with Gasteiger partial charge in [0.2, 0.25) is 0 Å². The molecule has 2 aromatic carbocycles. The molecule has 3 aromatic rings. The predicted octanol–water partition coefficient (Wildman–Crippen LogP) is 2.66. The molecular weight excluding hydrogens is 387 g/mol. The van der Waals surface area contributed by atoms with Gasteiger partial charge in [0.25, 0.3) is 5.56 Å². The molecule has 2 heterocycles. The summed E-state index contributed by atoms with van der Waals surface area (Å²) in [6.45, 7) is 1.83. The van der Waals surface area contributed by atoms with E-state index in [0.717, 1.165) is 10.5 Å². The maximum Gasteiger partial charge on any atom is 0.262 e. The quantitative estimate of drug-likeness (QED) is 0.589. The number of hydrogen-bond donors (Lipinski definition) is 3. The van der Waals surface area contributed by atoms with Crippen LogP contribution in [0.2, 0.25) is 5.02 Å². The molecule has 1 aliphatic heterocycles. The summed E-state index contributed by atoms with van der Waals surface area (Å²) >= 11 is 11.6. The lowest BCUT2D eigenvalue weighted by Crippen LogP contribution is -3.11. The van der Waals surface area contributed by atoms with Crippen molar-refractivity contribution in [3.63, 3.8) is 0 Å². The highest BCUT2D eigenvalue weighted by Crippen LogP contribution is 2.20. The van der Waals surface area contributed by atoms with Crippen LogP contribution in [-0.2, 0) is 13.1 Å². The first-order valence-corrected chi connectivity index (χ1v) is 9.26. The van der Waals surface area contributed by atoms with E-state index in [-0.39, 0.29) is 16.1 Å². The summed E-state index contributed by atoms with van der Waals surface area (Å²) in [5.74, 6) is 0.324. The van der Waals surface area contributed by atoms with Crippen molar-refractivity contribution in [1.29, 1.82) is 0 Å². The Morgan fingerprint density at radius 2 is 1.93 bits per heavy atom. The molecule has 0 fully saturated rings. The van der Waals surface area contributed by atoms with Gasteiger partial charge in [0.15, 0.2) is 11.4 Å². The summed E-state index contributed by atoms with van der Waals surface area (Å²) in [6, 6.07) is 13.7. The zero-order chi connectivity index (χ0) is 19.0. The predicted molar refractivity (Wildman–Crippen MR) is 105 cm³/mol. The van der Waals surface area contributed by atoms with Crippen molar-refractivity contribution >= 4 is 29.6 Å². The Balaban J connectivity index is 1.71. The van der Waals surface area contributed by atoms with Crippen LogP contribution in [0.4, 0.5) is 10.2 Å². The molecule has 1 aromatic heterocycles.